The Morgan fingerprint density at radius 2 is 2.00 bits per heavy atom. The zero-order chi connectivity index (χ0) is 11.1. The van der Waals surface area contributed by atoms with E-state index in [4.69, 9.17) is 4.74 Å². The van der Waals surface area contributed by atoms with Crippen molar-refractivity contribution in [1.82, 2.24) is 0 Å². The highest BCUT2D eigenvalue weighted by molar-refractivity contribution is 7.79. The molecule has 0 aliphatic carbocycles. The molecule has 0 aromatic carbocycles. The molecule has 14 heavy (non-hydrogen) atoms. The molecular formula is C9H17O4S-. The summed E-state index contributed by atoms with van der Waals surface area (Å²) in [6.07, 6.45) is -0.0546. The van der Waals surface area contributed by atoms with E-state index in [-0.39, 0.29) is 12.2 Å². The van der Waals surface area contributed by atoms with E-state index in [9.17, 15) is 13.6 Å². The Morgan fingerprint density at radius 1 is 1.43 bits per heavy atom. The predicted octanol–water partition coefficient (Wildman–Crippen LogP) is 1.09. The van der Waals surface area contributed by atoms with Crippen molar-refractivity contribution in [1.29, 1.82) is 0 Å². The Labute approximate surface area is 87.3 Å². The van der Waals surface area contributed by atoms with Crippen molar-refractivity contribution in [3.05, 3.63) is 0 Å². The van der Waals surface area contributed by atoms with Crippen LogP contribution >= 0.6 is 0 Å². The third-order valence-corrected chi connectivity index (χ3v) is 2.66. The predicted molar refractivity (Wildman–Crippen MR) is 53.4 cm³/mol. The Kier molecular flexibility index (Phi) is 6.74. The van der Waals surface area contributed by atoms with Gasteiger partial charge >= 0.3 is 5.97 Å². The molecule has 0 amide bonds. The van der Waals surface area contributed by atoms with Crippen molar-refractivity contribution >= 4 is 17.0 Å². The molecule has 0 saturated carbocycles. The van der Waals surface area contributed by atoms with E-state index in [2.05, 4.69) is 0 Å². The van der Waals surface area contributed by atoms with Crippen molar-refractivity contribution in [2.75, 3.05) is 12.4 Å². The lowest BCUT2D eigenvalue weighted by Crippen LogP contribution is -2.17. The summed E-state index contributed by atoms with van der Waals surface area (Å²) < 4.78 is 25.2. The quantitative estimate of drug-likeness (QED) is 0.497. The second-order valence-electron chi connectivity index (χ2n) is 3.66. The number of carbonyl (C=O) groups excluding carboxylic acids is 1. The molecule has 4 nitrogen and oxygen atoms in total. The van der Waals surface area contributed by atoms with Crippen LogP contribution in [0.1, 0.15) is 27.2 Å². The summed E-state index contributed by atoms with van der Waals surface area (Å²) in [5.41, 5.74) is 0. The molecule has 0 aliphatic heterocycles. The average Bonchev–Trinajstić information content (AvgIpc) is 2.10. The molecule has 0 aromatic rings. The Hall–Kier alpha value is -0.420. The minimum absolute atomic E-state index is 0.0546. The molecular weight excluding hydrogens is 204 g/mol. The average molecular weight is 221 g/mol. The van der Waals surface area contributed by atoms with Crippen LogP contribution in [0.15, 0.2) is 0 Å². The van der Waals surface area contributed by atoms with Crippen LogP contribution < -0.4 is 0 Å². The van der Waals surface area contributed by atoms with Crippen molar-refractivity contribution < 1.29 is 18.3 Å². The van der Waals surface area contributed by atoms with E-state index in [1.54, 1.807) is 0 Å². The molecule has 0 fully saturated rings. The Morgan fingerprint density at radius 3 is 2.43 bits per heavy atom. The van der Waals surface area contributed by atoms with Crippen LogP contribution in [0.4, 0.5) is 0 Å². The summed E-state index contributed by atoms with van der Waals surface area (Å²) >= 11 is -2.16. The highest BCUT2D eigenvalue weighted by Crippen LogP contribution is 2.09. The molecule has 0 spiro atoms. The maximum Gasteiger partial charge on any atom is 0.306 e. The van der Waals surface area contributed by atoms with Gasteiger partial charge in [-0.05, 0) is 11.8 Å². The minimum atomic E-state index is -2.16. The van der Waals surface area contributed by atoms with E-state index in [1.807, 2.05) is 20.8 Å². The lowest BCUT2D eigenvalue weighted by molar-refractivity contribution is -0.144. The first-order valence-corrected chi connectivity index (χ1v) is 5.89. The number of hydrogen-bond donors (Lipinski definition) is 0. The largest absolute Gasteiger partial charge is 0.772 e. The van der Waals surface area contributed by atoms with E-state index >= 15 is 0 Å². The fraction of sp³-hybridized carbons (Fsp3) is 0.889. The third-order valence-electron chi connectivity index (χ3n) is 2.12. The third kappa shape index (κ3) is 7.03. The molecule has 84 valence electrons. The van der Waals surface area contributed by atoms with Crippen LogP contribution in [0, 0.1) is 11.8 Å². The van der Waals surface area contributed by atoms with Gasteiger partial charge in [0.25, 0.3) is 0 Å². The van der Waals surface area contributed by atoms with Gasteiger partial charge in [0.2, 0.25) is 0 Å². The summed E-state index contributed by atoms with van der Waals surface area (Å²) in [5.74, 6) is 0.157. The summed E-state index contributed by atoms with van der Waals surface area (Å²) in [7, 11) is 0. The van der Waals surface area contributed by atoms with Crippen LogP contribution in [-0.2, 0) is 20.6 Å². The molecule has 0 radical (unpaired) electrons. The molecule has 0 heterocycles. The molecule has 0 aromatic heterocycles. The summed E-state index contributed by atoms with van der Waals surface area (Å²) in [6, 6.07) is 0. The minimum Gasteiger partial charge on any atom is -0.772 e. The number of carbonyl (C=O) groups is 1. The molecule has 0 aliphatic rings. The van der Waals surface area contributed by atoms with Gasteiger partial charge in [-0.1, -0.05) is 31.9 Å². The number of esters is 1. The summed E-state index contributed by atoms with van der Waals surface area (Å²) in [6.45, 7) is 6.45. The molecule has 0 bridgehead atoms. The Balaban J connectivity index is 3.58. The summed E-state index contributed by atoms with van der Waals surface area (Å²) in [5, 5.41) is 0. The summed E-state index contributed by atoms with van der Waals surface area (Å²) in [4.78, 5) is 11.0. The second-order valence-corrected chi connectivity index (χ2v) is 4.68. The van der Waals surface area contributed by atoms with Crippen LogP contribution in [0.2, 0.25) is 0 Å². The van der Waals surface area contributed by atoms with Crippen molar-refractivity contribution in [3.8, 4) is 0 Å². The van der Waals surface area contributed by atoms with Gasteiger partial charge in [-0.15, -0.1) is 0 Å². The fourth-order valence-electron chi connectivity index (χ4n) is 0.656. The maximum atomic E-state index is 11.0. The first-order valence-electron chi connectivity index (χ1n) is 4.65. The van der Waals surface area contributed by atoms with Crippen molar-refractivity contribution in [2.45, 2.75) is 27.2 Å². The second kappa shape index (κ2) is 6.95. The standard InChI is InChI=1S/C9H18O4S/c1-7(2)8(3)6-13-9(10)4-5-14(11)12/h7-8H,4-6H2,1-3H3,(H,11,12)/p-1. The number of rotatable bonds is 6. The van der Waals surface area contributed by atoms with Gasteiger partial charge in [0.1, 0.15) is 0 Å². The van der Waals surface area contributed by atoms with Gasteiger partial charge < -0.3 is 9.29 Å². The van der Waals surface area contributed by atoms with Gasteiger partial charge in [0.05, 0.1) is 13.0 Å². The normalized spacial score (nSPS) is 15.2. The fourth-order valence-corrected chi connectivity index (χ4v) is 0.989. The van der Waals surface area contributed by atoms with E-state index in [1.165, 1.54) is 0 Å². The molecule has 0 saturated heterocycles. The molecule has 0 rings (SSSR count). The number of ether oxygens (including phenoxy) is 1. The van der Waals surface area contributed by atoms with E-state index < -0.39 is 17.0 Å². The van der Waals surface area contributed by atoms with Crippen LogP contribution in [0.25, 0.3) is 0 Å². The highest BCUT2D eigenvalue weighted by Gasteiger charge is 2.10. The van der Waals surface area contributed by atoms with Gasteiger partial charge in [-0.3, -0.25) is 9.00 Å². The van der Waals surface area contributed by atoms with Crippen LogP contribution in [-0.4, -0.2) is 27.1 Å². The SMILES string of the molecule is CC(C)C(C)COC(=O)CCS(=O)[O-]. The van der Waals surface area contributed by atoms with Crippen LogP contribution in [0.3, 0.4) is 0 Å². The van der Waals surface area contributed by atoms with Gasteiger partial charge in [-0.25, -0.2) is 0 Å². The molecule has 2 unspecified atom stereocenters. The van der Waals surface area contributed by atoms with Crippen molar-refractivity contribution in [2.24, 2.45) is 11.8 Å². The van der Waals surface area contributed by atoms with Crippen molar-refractivity contribution in [3.63, 3.8) is 0 Å². The first kappa shape index (κ1) is 13.6. The lowest BCUT2D eigenvalue weighted by Gasteiger charge is -2.15. The highest BCUT2D eigenvalue weighted by atomic mass is 32.2. The zero-order valence-corrected chi connectivity index (χ0v) is 9.63. The van der Waals surface area contributed by atoms with Crippen LogP contribution in [0.5, 0.6) is 0 Å². The molecule has 0 N–H and O–H groups in total. The Bertz CT molecular complexity index is 203. The van der Waals surface area contributed by atoms with Gasteiger partial charge in [0.15, 0.2) is 0 Å². The smallest absolute Gasteiger partial charge is 0.306 e. The topological polar surface area (TPSA) is 66.4 Å². The number of hydrogen-bond acceptors (Lipinski definition) is 4. The van der Waals surface area contributed by atoms with Gasteiger partial charge in [-0.2, -0.15) is 0 Å². The molecule has 2 atom stereocenters. The lowest BCUT2D eigenvalue weighted by atomic mass is 9.99. The van der Waals surface area contributed by atoms with E-state index in [0.717, 1.165) is 0 Å². The maximum absolute atomic E-state index is 11.0. The zero-order valence-electron chi connectivity index (χ0n) is 8.82. The van der Waals surface area contributed by atoms with Gasteiger partial charge in [0, 0.05) is 5.75 Å². The first-order chi connectivity index (χ1) is 6.43. The van der Waals surface area contributed by atoms with E-state index in [0.29, 0.717) is 18.4 Å². The monoisotopic (exact) mass is 221 g/mol. The molecule has 5 heteroatoms.